The molecule has 29 heteroatoms. The smallest absolute Gasteiger partial charge is 0.305 e. The van der Waals surface area contributed by atoms with Crippen LogP contribution in [0.3, 0.4) is 0 Å². The SMILES string of the molecule is CNC(=O)CC1NC(=O)c2csc(n2)-c2ccc(-c3nc(C(=O)NCCC(=O)O)cs3)nc2-c2csc(n2)-c2csc(n2)C(C(O)c2ccccc2)NC(=O)CNC(=O)c2nc(sc2CSC)C(C(C)C)NC(=O)c2nc1sc2C. The fraction of sp³-hybridized carbons (Fsp3) is 0.294. The fourth-order valence-electron chi connectivity index (χ4n) is 8.06. The number of carboxylic acid groups (broad SMARTS) is 1. The number of rotatable bonds is 12. The summed E-state index contributed by atoms with van der Waals surface area (Å²) in [5.74, 6) is -4.22. The first kappa shape index (κ1) is 57.4. The molecule has 1 aromatic carbocycles. The van der Waals surface area contributed by atoms with Gasteiger partial charge in [-0.25, -0.2) is 34.9 Å². The number of aromatic nitrogens is 7. The number of aryl methyl sites for hydroxylation is 1. The molecule has 9 rings (SSSR count). The van der Waals surface area contributed by atoms with E-state index in [0.29, 0.717) is 79.5 Å². The first-order chi connectivity index (χ1) is 38.5. The molecular weight excluding hydrogens is 1160 g/mol. The van der Waals surface area contributed by atoms with E-state index in [1.807, 2.05) is 20.1 Å². The van der Waals surface area contributed by atoms with Gasteiger partial charge in [0.15, 0.2) is 0 Å². The lowest BCUT2D eigenvalue weighted by atomic mass is 10.0. The zero-order valence-corrected chi connectivity index (χ0v) is 48.7. The molecule has 22 nitrogen and oxygen atoms in total. The maximum absolute atomic E-state index is 14.2. The summed E-state index contributed by atoms with van der Waals surface area (Å²) in [6.07, 6.45) is 0.125. The van der Waals surface area contributed by atoms with Crippen molar-refractivity contribution in [2.75, 3.05) is 26.4 Å². The molecule has 6 amide bonds. The Labute approximate surface area is 484 Å². The van der Waals surface area contributed by atoms with Crippen molar-refractivity contribution in [3.63, 3.8) is 0 Å². The fourth-order valence-corrected chi connectivity index (χ4v) is 14.4. The number of nitrogens with zero attached hydrogens (tertiary/aromatic N) is 7. The Morgan fingerprint density at radius 1 is 0.713 bits per heavy atom. The predicted molar refractivity (Wildman–Crippen MR) is 308 cm³/mol. The van der Waals surface area contributed by atoms with Crippen LogP contribution in [0.2, 0.25) is 0 Å². The molecule has 1 aliphatic heterocycles. The number of carbonyl (C=O) groups is 7. The molecule has 1 aliphatic rings. The number of fused-ring (bicyclic) bond motifs is 14. The molecule has 8 aromatic rings. The highest BCUT2D eigenvalue weighted by Crippen LogP contribution is 2.40. The number of aliphatic carboxylic acids is 1. The van der Waals surface area contributed by atoms with Crippen LogP contribution in [0.1, 0.15) is 123 Å². The molecule has 0 radical (unpaired) electrons. The van der Waals surface area contributed by atoms with Gasteiger partial charge in [-0.15, -0.1) is 68.0 Å². The monoisotopic (exact) mass is 1210 g/mol. The minimum atomic E-state index is -1.27. The highest BCUT2D eigenvalue weighted by molar-refractivity contribution is 7.97. The second kappa shape index (κ2) is 25.5. The van der Waals surface area contributed by atoms with Crippen LogP contribution in [0, 0.1) is 12.8 Å². The number of aliphatic hydroxyl groups is 1. The van der Waals surface area contributed by atoms with E-state index in [1.54, 1.807) is 65.5 Å². The van der Waals surface area contributed by atoms with Crippen molar-refractivity contribution in [3.05, 3.63) is 117 Å². The van der Waals surface area contributed by atoms with Crippen molar-refractivity contribution in [1.82, 2.24) is 66.8 Å². The summed E-state index contributed by atoms with van der Waals surface area (Å²) in [6, 6.07) is 9.45. The van der Waals surface area contributed by atoms with Crippen LogP contribution >= 0.6 is 79.8 Å². The van der Waals surface area contributed by atoms with E-state index in [-0.39, 0.29) is 48.1 Å². The van der Waals surface area contributed by atoms with Crippen LogP contribution in [-0.4, -0.2) is 113 Å². The molecular formula is C51H49N13O9S7. The summed E-state index contributed by atoms with van der Waals surface area (Å²) < 4.78 is 0. The molecule has 0 spiro atoms. The van der Waals surface area contributed by atoms with Gasteiger partial charge in [0.2, 0.25) is 11.8 Å². The molecule has 4 unspecified atom stereocenters. The number of carboxylic acids is 1. The molecule has 8 heterocycles. The van der Waals surface area contributed by atoms with E-state index in [2.05, 4.69) is 41.9 Å². The van der Waals surface area contributed by atoms with Gasteiger partial charge in [0, 0.05) is 56.2 Å². The van der Waals surface area contributed by atoms with Crippen molar-refractivity contribution < 1.29 is 43.8 Å². The zero-order valence-electron chi connectivity index (χ0n) is 43.0. The maximum atomic E-state index is 14.2. The molecule has 0 aliphatic carbocycles. The first-order valence-electron chi connectivity index (χ1n) is 24.4. The average molecular weight is 1210 g/mol. The summed E-state index contributed by atoms with van der Waals surface area (Å²) in [4.78, 5) is 128. The van der Waals surface area contributed by atoms with Crippen molar-refractivity contribution in [1.29, 1.82) is 0 Å². The number of amides is 6. The standard InChI is InChI=1S/C51H49N13O9S7/c1-22(2)36-51-64-39(32(80-51)21-74-5)44(72)54-16-34(66)61-40(41(69)24-9-7-6-8-10-24)50-60-31(20-78-50)48-57-28(17-76-48)38-25(11-12-26(55-38)47-59-29(18-77-47)42(70)53-14-13-35(67)68)46-58-30(19-75-46)43(71)56-27(15-33(65)52-4)49-63-37(23(3)79-49)45(73)62-36/h6-12,17-20,22,27,36,40-41,69H,13-16,21H2,1-5H3,(H,52,65)(H,53,70)(H,54,72)(H,56,71)(H,61,66)(H,62,73)(H,67,68). The number of hydrogen-bond donors (Lipinski definition) is 8. The lowest BCUT2D eigenvalue weighted by Crippen LogP contribution is -2.40. The van der Waals surface area contributed by atoms with Crippen molar-refractivity contribution in [2.24, 2.45) is 5.92 Å². The summed E-state index contributed by atoms with van der Waals surface area (Å²) in [5.41, 5.74) is 2.73. The largest absolute Gasteiger partial charge is 0.481 e. The maximum Gasteiger partial charge on any atom is 0.305 e. The second-order valence-corrected chi connectivity index (χ2v) is 24.8. The number of benzene rings is 1. The van der Waals surface area contributed by atoms with E-state index in [0.717, 1.165) is 34.0 Å². The van der Waals surface area contributed by atoms with Gasteiger partial charge in [0.1, 0.15) is 82.0 Å². The lowest BCUT2D eigenvalue weighted by molar-refractivity contribution is -0.136. The number of nitrogens with one attached hydrogen (secondary N) is 6. The van der Waals surface area contributed by atoms with Gasteiger partial charge in [-0.1, -0.05) is 44.2 Å². The topological polar surface area (TPSA) is 322 Å². The lowest BCUT2D eigenvalue weighted by Gasteiger charge is -2.23. The molecule has 8 N–H and O–H groups in total. The molecule has 0 fully saturated rings. The van der Waals surface area contributed by atoms with Crippen molar-refractivity contribution in [3.8, 4) is 43.4 Å². The molecule has 80 heavy (non-hydrogen) atoms. The van der Waals surface area contributed by atoms with Gasteiger partial charge < -0.3 is 42.1 Å². The highest BCUT2D eigenvalue weighted by Gasteiger charge is 2.33. The Bertz CT molecular complexity index is 3630. The van der Waals surface area contributed by atoms with Gasteiger partial charge >= 0.3 is 5.97 Å². The third-order valence-corrected chi connectivity index (χ3v) is 18.6. The average Bonchev–Trinajstić information content (AvgIpc) is 4.35. The van der Waals surface area contributed by atoms with Crippen molar-refractivity contribution in [2.45, 2.75) is 63.6 Å². The molecule has 10 bridgehead atoms. The quantitative estimate of drug-likeness (QED) is 0.0598. The third-order valence-electron chi connectivity index (χ3n) is 12.1. The molecule has 414 valence electrons. The van der Waals surface area contributed by atoms with Crippen LogP contribution in [0.4, 0.5) is 0 Å². The number of carbonyl (C=O) groups excluding carboxylic acids is 6. The molecule has 7 aromatic heterocycles. The predicted octanol–water partition coefficient (Wildman–Crippen LogP) is 7.23. The van der Waals surface area contributed by atoms with E-state index < -0.39 is 72.2 Å². The zero-order chi connectivity index (χ0) is 56.8. The number of pyridine rings is 1. The van der Waals surface area contributed by atoms with Gasteiger partial charge in [0.25, 0.3) is 23.6 Å². The van der Waals surface area contributed by atoms with Crippen LogP contribution in [-0.2, 0) is 20.1 Å². The van der Waals surface area contributed by atoms with E-state index >= 15 is 0 Å². The normalized spacial score (nSPS) is 16.5. The summed E-state index contributed by atoms with van der Waals surface area (Å²) in [5, 5.41) is 46.5. The third kappa shape index (κ3) is 13.2. The molecule has 0 saturated carbocycles. The highest BCUT2D eigenvalue weighted by atomic mass is 32.2. The van der Waals surface area contributed by atoms with Crippen LogP contribution in [0.25, 0.3) is 43.4 Å². The number of aliphatic hydroxyl groups excluding tert-OH is 1. The Hall–Kier alpha value is -7.25. The van der Waals surface area contributed by atoms with E-state index in [1.165, 1.54) is 58.2 Å². The number of hydrogen-bond acceptors (Lipinski definition) is 22. The minimum absolute atomic E-state index is 0.0148. The van der Waals surface area contributed by atoms with Gasteiger partial charge in [-0.2, -0.15) is 11.8 Å². The molecule has 4 atom stereocenters. The summed E-state index contributed by atoms with van der Waals surface area (Å²) in [6.45, 7) is 4.94. The number of thioether (sulfide) groups is 1. The molecule has 0 saturated heterocycles. The van der Waals surface area contributed by atoms with E-state index in [4.69, 9.17) is 30.0 Å². The Morgan fingerprint density at radius 3 is 2.17 bits per heavy atom. The Kier molecular flexibility index (Phi) is 18.3. The summed E-state index contributed by atoms with van der Waals surface area (Å²) >= 11 is 8.63. The first-order valence-corrected chi connectivity index (χ1v) is 31.0. The van der Waals surface area contributed by atoms with Crippen molar-refractivity contribution >= 4 is 121 Å². The van der Waals surface area contributed by atoms with E-state index in [9.17, 15) is 38.7 Å². The minimum Gasteiger partial charge on any atom is -0.481 e. The number of thiazole rings is 6. The summed E-state index contributed by atoms with van der Waals surface area (Å²) in [7, 11) is 1.47. The van der Waals surface area contributed by atoms with Crippen LogP contribution in [0.15, 0.2) is 64.0 Å². The van der Waals surface area contributed by atoms with Crippen LogP contribution in [0.5, 0.6) is 0 Å². The van der Waals surface area contributed by atoms with Gasteiger partial charge in [-0.3, -0.25) is 33.6 Å². The van der Waals surface area contributed by atoms with Crippen LogP contribution < -0.4 is 31.9 Å². The Morgan fingerprint density at radius 2 is 1.43 bits per heavy atom. The second-order valence-electron chi connectivity index (χ2n) is 18.1. The van der Waals surface area contributed by atoms with Gasteiger partial charge in [-0.05, 0) is 36.8 Å². The van der Waals surface area contributed by atoms with Gasteiger partial charge in [0.05, 0.1) is 37.2 Å². The Balaban J connectivity index is 1.13.